The van der Waals surface area contributed by atoms with Crippen molar-refractivity contribution >= 4 is 23.5 Å². The first kappa shape index (κ1) is 16.4. The lowest BCUT2D eigenvalue weighted by Gasteiger charge is -2.34. The molecule has 1 heterocycles. The third-order valence-corrected chi connectivity index (χ3v) is 3.99. The molecule has 0 radical (unpaired) electrons. The maximum Gasteiger partial charge on any atom is 0.317 e. The Bertz CT molecular complexity index is 554. The molecule has 0 aromatic heterocycles. The summed E-state index contributed by atoms with van der Waals surface area (Å²) < 4.78 is 0. The van der Waals surface area contributed by atoms with Crippen molar-refractivity contribution in [3.63, 3.8) is 0 Å². The van der Waals surface area contributed by atoms with Crippen LogP contribution >= 0.6 is 11.6 Å². The van der Waals surface area contributed by atoms with Crippen molar-refractivity contribution in [2.75, 3.05) is 32.7 Å². The van der Waals surface area contributed by atoms with E-state index in [2.05, 4.69) is 11.9 Å². The van der Waals surface area contributed by atoms with Gasteiger partial charge in [0.1, 0.15) is 0 Å². The van der Waals surface area contributed by atoms with Crippen LogP contribution in [0.3, 0.4) is 0 Å². The molecular weight excluding hydrogens is 302 g/mol. The van der Waals surface area contributed by atoms with Gasteiger partial charge < -0.3 is 15.1 Å². The highest BCUT2D eigenvalue weighted by atomic mass is 35.5. The summed E-state index contributed by atoms with van der Waals surface area (Å²) in [6, 6.07) is 7.25. The quantitative estimate of drug-likeness (QED) is 0.861. The van der Waals surface area contributed by atoms with E-state index in [0.717, 1.165) is 5.56 Å². The van der Waals surface area contributed by atoms with Crippen LogP contribution in [0.2, 0.25) is 5.02 Å². The van der Waals surface area contributed by atoms with Crippen LogP contribution in [0.4, 0.5) is 4.79 Å². The molecule has 3 amide bonds. The summed E-state index contributed by atoms with van der Waals surface area (Å²) in [5.74, 6) is 0.0410. The molecule has 0 aliphatic carbocycles. The summed E-state index contributed by atoms with van der Waals surface area (Å²) in [6.45, 7) is 6.18. The number of carbonyl (C=O) groups excluding carboxylic acids is 2. The third kappa shape index (κ3) is 4.24. The average molecular weight is 322 g/mol. The summed E-state index contributed by atoms with van der Waals surface area (Å²) in [4.78, 5) is 27.6. The molecule has 1 aliphatic heterocycles. The Labute approximate surface area is 135 Å². The van der Waals surface area contributed by atoms with E-state index >= 15 is 0 Å². The maximum absolute atomic E-state index is 12.3. The normalized spacial score (nSPS) is 14.6. The van der Waals surface area contributed by atoms with E-state index in [4.69, 9.17) is 11.6 Å². The lowest BCUT2D eigenvalue weighted by molar-refractivity contribution is -0.131. The fraction of sp³-hybridized carbons (Fsp3) is 0.375. The number of piperazine rings is 1. The van der Waals surface area contributed by atoms with Gasteiger partial charge in [-0.25, -0.2) is 4.79 Å². The number of benzene rings is 1. The summed E-state index contributed by atoms with van der Waals surface area (Å²) >= 11 is 6.08. The van der Waals surface area contributed by atoms with Crippen LogP contribution in [0.1, 0.15) is 5.56 Å². The van der Waals surface area contributed by atoms with Crippen molar-refractivity contribution in [3.8, 4) is 0 Å². The Hall–Kier alpha value is -2.01. The van der Waals surface area contributed by atoms with E-state index in [0.29, 0.717) is 44.2 Å². The zero-order valence-electron chi connectivity index (χ0n) is 12.4. The minimum absolute atomic E-state index is 0.0410. The predicted molar refractivity (Wildman–Crippen MR) is 86.9 cm³/mol. The predicted octanol–water partition coefficient (Wildman–Crippen LogP) is 1.92. The number of carbonyl (C=O) groups is 2. The monoisotopic (exact) mass is 321 g/mol. The second-order valence-corrected chi connectivity index (χ2v) is 5.52. The SMILES string of the molecule is C=CCNC(=O)N1CCN(C(=O)Cc2ccccc2Cl)CC1. The van der Waals surface area contributed by atoms with Gasteiger partial charge in [-0.05, 0) is 11.6 Å². The molecule has 118 valence electrons. The Kier molecular flexibility index (Phi) is 5.83. The van der Waals surface area contributed by atoms with Crippen molar-refractivity contribution in [1.29, 1.82) is 0 Å². The zero-order chi connectivity index (χ0) is 15.9. The van der Waals surface area contributed by atoms with Crippen LogP contribution in [0.25, 0.3) is 0 Å². The largest absolute Gasteiger partial charge is 0.339 e. The number of rotatable bonds is 4. The molecule has 1 N–H and O–H groups in total. The minimum Gasteiger partial charge on any atom is -0.339 e. The van der Waals surface area contributed by atoms with Gasteiger partial charge in [0.25, 0.3) is 0 Å². The van der Waals surface area contributed by atoms with E-state index in [1.807, 2.05) is 18.2 Å². The van der Waals surface area contributed by atoms with Gasteiger partial charge in [-0.2, -0.15) is 0 Å². The lowest BCUT2D eigenvalue weighted by Crippen LogP contribution is -2.53. The molecule has 1 aromatic carbocycles. The van der Waals surface area contributed by atoms with Crippen molar-refractivity contribution in [3.05, 3.63) is 47.5 Å². The Morgan fingerprint density at radius 2 is 1.82 bits per heavy atom. The summed E-state index contributed by atoms with van der Waals surface area (Å²) in [6.07, 6.45) is 1.93. The molecule has 22 heavy (non-hydrogen) atoms. The van der Waals surface area contributed by atoms with Crippen molar-refractivity contribution in [2.45, 2.75) is 6.42 Å². The van der Waals surface area contributed by atoms with Crippen molar-refractivity contribution in [1.82, 2.24) is 15.1 Å². The number of amides is 3. The van der Waals surface area contributed by atoms with Gasteiger partial charge in [0.2, 0.25) is 5.91 Å². The number of nitrogens with one attached hydrogen (secondary N) is 1. The van der Waals surface area contributed by atoms with E-state index in [-0.39, 0.29) is 11.9 Å². The van der Waals surface area contributed by atoms with E-state index in [1.165, 1.54) is 0 Å². The van der Waals surface area contributed by atoms with Gasteiger partial charge in [-0.3, -0.25) is 4.79 Å². The molecule has 5 nitrogen and oxygen atoms in total. The second-order valence-electron chi connectivity index (χ2n) is 5.11. The molecule has 1 saturated heterocycles. The fourth-order valence-electron chi connectivity index (χ4n) is 2.35. The molecule has 1 fully saturated rings. The minimum atomic E-state index is -0.113. The van der Waals surface area contributed by atoms with E-state index in [9.17, 15) is 9.59 Å². The maximum atomic E-state index is 12.3. The van der Waals surface area contributed by atoms with E-state index < -0.39 is 0 Å². The van der Waals surface area contributed by atoms with Gasteiger partial charge in [-0.15, -0.1) is 6.58 Å². The van der Waals surface area contributed by atoms with Crippen LogP contribution in [-0.4, -0.2) is 54.5 Å². The number of nitrogens with zero attached hydrogens (tertiary/aromatic N) is 2. The van der Waals surface area contributed by atoms with E-state index in [1.54, 1.807) is 21.9 Å². The van der Waals surface area contributed by atoms with Crippen LogP contribution in [0, 0.1) is 0 Å². The second kappa shape index (κ2) is 7.84. The Balaban J connectivity index is 1.83. The van der Waals surface area contributed by atoms with Gasteiger partial charge in [-0.1, -0.05) is 35.9 Å². The van der Waals surface area contributed by atoms with Gasteiger partial charge in [0.15, 0.2) is 0 Å². The first-order valence-corrected chi connectivity index (χ1v) is 7.64. The van der Waals surface area contributed by atoms with Gasteiger partial charge in [0.05, 0.1) is 6.42 Å². The molecule has 1 aromatic rings. The number of hydrogen-bond donors (Lipinski definition) is 1. The Morgan fingerprint density at radius 3 is 2.45 bits per heavy atom. The molecule has 0 unspecified atom stereocenters. The first-order chi connectivity index (χ1) is 10.6. The summed E-state index contributed by atoms with van der Waals surface area (Å²) in [5, 5.41) is 3.35. The molecule has 0 atom stereocenters. The molecule has 1 aliphatic rings. The van der Waals surface area contributed by atoms with Gasteiger partial charge >= 0.3 is 6.03 Å². The highest BCUT2D eigenvalue weighted by Crippen LogP contribution is 2.16. The molecule has 0 bridgehead atoms. The average Bonchev–Trinajstić information content (AvgIpc) is 2.55. The molecule has 0 spiro atoms. The molecule has 6 heteroatoms. The van der Waals surface area contributed by atoms with Crippen LogP contribution < -0.4 is 5.32 Å². The highest BCUT2D eigenvalue weighted by molar-refractivity contribution is 6.31. The highest BCUT2D eigenvalue weighted by Gasteiger charge is 2.24. The number of urea groups is 1. The number of halogens is 1. The topological polar surface area (TPSA) is 52.7 Å². The van der Waals surface area contributed by atoms with Crippen LogP contribution in [-0.2, 0) is 11.2 Å². The lowest BCUT2D eigenvalue weighted by atomic mass is 10.1. The zero-order valence-corrected chi connectivity index (χ0v) is 13.2. The van der Waals surface area contributed by atoms with Gasteiger partial charge in [0, 0.05) is 37.7 Å². The first-order valence-electron chi connectivity index (χ1n) is 7.26. The smallest absolute Gasteiger partial charge is 0.317 e. The summed E-state index contributed by atoms with van der Waals surface area (Å²) in [7, 11) is 0. The molecule has 2 rings (SSSR count). The third-order valence-electron chi connectivity index (χ3n) is 3.62. The molecule has 0 saturated carbocycles. The fourth-order valence-corrected chi connectivity index (χ4v) is 2.55. The summed E-state index contributed by atoms with van der Waals surface area (Å²) in [5.41, 5.74) is 0.834. The standard InChI is InChI=1S/C16H20ClN3O2/c1-2-7-18-16(22)20-10-8-19(9-11-20)15(21)12-13-5-3-4-6-14(13)17/h2-6H,1,7-12H2,(H,18,22). The van der Waals surface area contributed by atoms with Crippen molar-refractivity contribution in [2.24, 2.45) is 0 Å². The van der Waals surface area contributed by atoms with Crippen molar-refractivity contribution < 1.29 is 9.59 Å². The Morgan fingerprint density at radius 1 is 1.18 bits per heavy atom. The number of hydrogen-bond acceptors (Lipinski definition) is 2. The van der Waals surface area contributed by atoms with Crippen LogP contribution in [0.15, 0.2) is 36.9 Å². The van der Waals surface area contributed by atoms with Crippen LogP contribution in [0.5, 0.6) is 0 Å². The molecular formula is C16H20ClN3O2.